The predicted molar refractivity (Wildman–Crippen MR) is 99.5 cm³/mol. The van der Waals surface area contributed by atoms with E-state index in [1.165, 1.54) is 19.2 Å². The van der Waals surface area contributed by atoms with Gasteiger partial charge in [0.2, 0.25) is 5.91 Å². The van der Waals surface area contributed by atoms with Gasteiger partial charge in [0, 0.05) is 62.7 Å². The highest BCUT2D eigenvalue weighted by atomic mass is 19.1. The van der Waals surface area contributed by atoms with Crippen LogP contribution >= 0.6 is 0 Å². The van der Waals surface area contributed by atoms with E-state index in [0.717, 1.165) is 24.8 Å². The molecule has 1 aromatic carbocycles. The van der Waals surface area contributed by atoms with Gasteiger partial charge in [-0.05, 0) is 30.3 Å². The van der Waals surface area contributed by atoms with Gasteiger partial charge >= 0.3 is 0 Å². The number of carbonyl (C=O) groups excluding carboxylic acids is 2. The van der Waals surface area contributed by atoms with Crippen molar-refractivity contribution in [1.82, 2.24) is 9.88 Å². The molecule has 1 fully saturated rings. The summed E-state index contributed by atoms with van der Waals surface area (Å²) in [6, 6.07) is 7.98. The average molecular weight is 371 g/mol. The number of ether oxygens (including phenoxy) is 1. The Morgan fingerprint density at radius 3 is 2.41 bits per heavy atom. The van der Waals surface area contributed by atoms with Gasteiger partial charge < -0.3 is 14.5 Å². The molecule has 0 N–H and O–H groups in total. The molecule has 142 valence electrons. The number of carbonyl (C=O) groups is 2. The number of nitrogens with zero attached hydrogens (tertiary/aromatic N) is 3. The number of piperazine rings is 1. The third kappa shape index (κ3) is 4.61. The van der Waals surface area contributed by atoms with Crippen molar-refractivity contribution in [2.45, 2.75) is 12.8 Å². The lowest BCUT2D eigenvalue weighted by Gasteiger charge is -2.36. The van der Waals surface area contributed by atoms with Crippen LogP contribution in [0.5, 0.6) is 5.75 Å². The van der Waals surface area contributed by atoms with Crippen LogP contribution < -0.4 is 9.64 Å². The van der Waals surface area contributed by atoms with E-state index in [1.54, 1.807) is 17.3 Å². The zero-order chi connectivity index (χ0) is 19.2. The van der Waals surface area contributed by atoms with Crippen molar-refractivity contribution >= 4 is 17.4 Å². The van der Waals surface area contributed by atoms with E-state index in [-0.39, 0.29) is 35.8 Å². The number of rotatable bonds is 6. The van der Waals surface area contributed by atoms with Crippen LogP contribution in [-0.2, 0) is 4.79 Å². The second-order valence-electron chi connectivity index (χ2n) is 6.35. The molecule has 2 aromatic rings. The lowest BCUT2D eigenvalue weighted by molar-refractivity contribution is -0.131. The molecule has 0 atom stereocenters. The summed E-state index contributed by atoms with van der Waals surface area (Å²) < 4.78 is 18.6. The van der Waals surface area contributed by atoms with Crippen molar-refractivity contribution in [2.24, 2.45) is 0 Å². The van der Waals surface area contributed by atoms with E-state index in [0.29, 0.717) is 13.1 Å². The van der Waals surface area contributed by atoms with Crippen LogP contribution in [-0.4, -0.2) is 54.9 Å². The Hall–Kier alpha value is -2.96. The van der Waals surface area contributed by atoms with E-state index in [4.69, 9.17) is 4.74 Å². The third-order valence-corrected chi connectivity index (χ3v) is 4.70. The molecule has 2 heterocycles. The lowest BCUT2D eigenvalue weighted by Crippen LogP contribution is -2.48. The third-order valence-electron chi connectivity index (χ3n) is 4.70. The summed E-state index contributed by atoms with van der Waals surface area (Å²) in [5.74, 6) is -0.788. The molecular weight excluding hydrogens is 349 g/mol. The molecule has 1 aliphatic heterocycles. The Morgan fingerprint density at radius 1 is 1.07 bits per heavy atom. The van der Waals surface area contributed by atoms with Crippen molar-refractivity contribution in [2.75, 3.05) is 38.2 Å². The fraction of sp³-hybridized carbons (Fsp3) is 0.350. The van der Waals surface area contributed by atoms with Crippen LogP contribution in [0.2, 0.25) is 0 Å². The first-order chi connectivity index (χ1) is 13.1. The number of hydrogen-bond donors (Lipinski definition) is 0. The number of Topliss-reactive ketones (excluding diaryl/α,β-unsaturated/α-hetero) is 1. The number of anilines is 1. The van der Waals surface area contributed by atoms with Gasteiger partial charge in [-0.15, -0.1) is 0 Å². The molecule has 1 saturated heterocycles. The Morgan fingerprint density at radius 2 is 1.78 bits per heavy atom. The maximum atomic E-state index is 13.7. The van der Waals surface area contributed by atoms with Crippen LogP contribution in [0, 0.1) is 5.82 Å². The van der Waals surface area contributed by atoms with Crippen molar-refractivity contribution < 1.29 is 18.7 Å². The van der Waals surface area contributed by atoms with Gasteiger partial charge in [-0.25, -0.2) is 4.39 Å². The molecule has 0 radical (unpaired) electrons. The standard InChI is InChI=1S/C20H22FN3O3/c1-27-19-4-2-15(14-17(19)21)18(25)3-5-20(26)24-12-10-23(11-13-24)16-6-8-22-9-7-16/h2,4,6-9,14H,3,5,10-13H2,1H3. The van der Waals surface area contributed by atoms with Gasteiger partial charge in [-0.3, -0.25) is 14.6 Å². The summed E-state index contributed by atoms with van der Waals surface area (Å²) in [5, 5.41) is 0. The molecule has 0 bridgehead atoms. The minimum absolute atomic E-state index is 0.0493. The molecule has 7 heteroatoms. The molecule has 3 rings (SSSR count). The number of pyridine rings is 1. The molecular formula is C20H22FN3O3. The highest BCUT2D eigenvalue weighted by molar-refractivity contribution is 5.98. The zero-order valence-corrected chi connectivity index (χ0v) is 15.2. The van der Waals surface area contributed by atoms with Gasteiger partial charge in [0.05, 0.1) is 7.11 Å². The number of benzene rings is 1. The Bertz CT molecular complexity index is 805. The highest BCUT2D eigenvalue weighted by Gasteiger charge is 2.22. The molecule has 1 amide bonds. The summed E-state index contributed by atoms with van der Waals surface area (Å²) in [6.45, 7) is 2.72. The Labute approximate surface area is 157 Å². The van der Waals surface area contributed by atoms with Crippen LogP contribution in [0.4, 0.5) is 10.1 Å². The van der Waals surface area contributed by atoms with Gasteiger partial charge in [0.15, 0.2) is 17.3 Å². The van der Waals surface area contributed by atoms with E-state index in [2.05, 4.69) is 9.88 Å². The molecule has 1 aromatic heterocycles. The SMILES string of the molecule is COc1ccc(C(=O)CCC(=O)N2CCN(c3ccncc3)CC2)cc1F. The molecule has 1 aliphatic rings. The number of aromatic nitrogens is 1. The molecule has 27 heavy (non-hydrogen) atoms. The van der Waals surface area contributed by atoms with E-state index >= 15 is 0 Å². The van der Waals surface area contributed by atoms with Crippen molar-refractivity contribution in [3.05, 3.63) is 54.1 Å². The smallest absolute Gasteiger partial charge is 0.223 e. The van der Waals surface area contributed by atoms with Crippen LogP contribution in [0.3, 0.4) is 0 Å². The second kappa shape index (κ2) is 8.62. The molecule has 0 aliphatic carbocycles. The van der Waals surface area contributed by atoms with Gasteiger partial charge in [-0.1, -0.05) is 0 Å². The quantitative estimate of drug-likeness (QED) is 0.731. The first kappa shape index (κ1) is 18.8. The predicted octanol–water partition coefficient (Wildman–Crippen LogP) is 2.54. The summed E-state index contributed by atoms with van der Waals surface area (Å²) in [5.41, 5.74) is 1.34. The minimum atomic E-state index is -0.582. The first-order valence-corrected chi connectivity index (χ1v) is 8.88. The van der Waals surface area contributed by atoms with Crippen molar-refractivity contribution in [3.63, 3.8) is 0 Å². The fourth-order valence-electron chi connectivity index (χ4n) is 3.13. The summed E-state index contributed by atoms with van der Waals surface area (Å²) in [4.78, 5) is 32.6. The van der Waals surface area contributed by atoms with E-state index < -0.39 is 5.82 Å². The van der Waals surface area contributed by atoms with Crippen LogP contribution in [0.1, 0.15) is 23.2 Å². The van der Waals surface area contributed by atoms with Gasteiger partial charge in [0.25, 0.3) is 0 Å². The van der Waals surface area contributed by atoms with Gasteiger partial charge in [-0.2, -0.15) is 0 Å². The first-order valence-electron chi connectivity index (χ1n) is 8.88. The maximum Gasteiger partial charge on any atom is 0.223 e. The van der Waals surface area contributed by atoms with Crippen molar-refractivity contribution in [3.8, 4) is 5.75 Å². The highest BCUT2D eigenvalue weighted by Crippen LogP contribution is 2.19. The number of ketones is 1. The maximum absolute atomic E-state index is 13.7. The fourth-order valence-corrected chi connectivity index (χ4v) is 3.13. The molecule has 6 nitrogen and oxygen atoms in total. The Kier molecular flexibility index (Phi) is 6.01. The average Bonchev–Trinajstić information content (AvgIpc) is 2.72. The second-order valence-corrected chi connectivity index (χ2v) is 6.35. The van der Waals surface area contributed by atoms with E-state index in [9.17, 15) is 14.0 Å². The molecule has 0 unspecified atom stereocenters. The Balaban J connectivity index is 1.48. The summed E-state index contributed by atoms with van der Waals surface area (Å²) >= 11 is 0. The molecule has 0 saturated carbocycles. The van der Waals surface area contributed by atoms with Gasteiger partial charge in [0.1, 0.15) is 0 Å². The number of hydrogen-bond acceptors (Lipinski definition) is 5. The summed E-state index contributed by atoms with van der Waals surface area (Å²) in [6.07, 6.45) is 3.69. The minimum Gasteiger partial charge on any atom is -0.494 e. The normalized spacial score (nSPS) is 14.1. The molecule has 0 spiro atoms. The number of amides is 1. The van der Waals surface area contributed by atoms with Crippen LogP contribution in [0.25, 0.3) is 0 Å². The number of halogens is 1. The largest absolute Gasteiger partial charge is 0.494 e. The monoisotopic (exact) mass is 371 g/mol. The van der Waals surface area contributed by atoms with Crippen molar-refractivity contribution in [1.29, 1.82) is 0 Å². The lowest BCUT2D eigenvalue weighted by atomic mass is 10.1. The zero-order valence-electron chi connectivity index (χ0n) is 15.2. The van der Waals surface area contributed by atoms with Crippen LogP contribution in [0.15, 0.2) is 42.7 Å². The number of methoxy groups -OCH3 is 1. The summed E-state index contributed by atoms with van der Waals surface area (Å²) in [7, 11) is 1.37. The van der Waals surface area contributed by atoms with E-state index in [1.807, 2.05) is 12.1 Å². The topological polar surface area (TPSA) is 62.7 Å².